The molecule has 0 spiro atoms. The summed E-state index contributed by atoms with van der Waals surface area (Å²) in [6.07, 6.45) is 1.65. The summed E-state index contributed by atoms with van der Waals surface area (Å²) >= 11 is 3.38. The van der Waals surface area contributed by atoms with Crippen LogP contribution in [0.3, 0.4) is 0 Å². The highest BCUT2D eigenvalue weighted by Gasteiger charge is 2.50. The summed E-state index contributed by atoms with van der Waals surface area (Å²) in [6.45, 7) is 4.08. The molecule has 0 aliphatic carbocycles. The Morgan fingerprint density at radius 3 is 2.68 bits per heavy atom. The molecule has 0 fully saturated rings. The van der Waals surface area contributed by atoms with Crippen LogP contribution in [0.5, 0.6) is 0 Å². The van der Waals surface area contributed by atoms with E-state index in [1.807, 2.05) is 13.0 Å². The molecule has 0 saturated heterocycles. The van der Waals surface area contributed by atoms with Crippen LogP contribution in [0, 0.1) is 12.7 Å². The third-order valence-corrected chi connectivity index (χ3v) is 9.95. The molecule has 0 amide bonds. The Bertz CT molecular complexity index is 1430. The van der Waals surface area contributed by atoms with E-state index in [1.54, 1.807) is 26.1 Å². The zero-order valence-corrected chi connectivity index (χ0v) is 21.5. The molecule has 0 saturated carbocycles. The lowest BCUT2D eigenvalue weighted by Gasteiger charge is -2.41. The van der Waals surface area contributed by atoms with Crippen LogP contribution in [0.2, 0.25) is 0 Å². The number of rotatable bonds is 4. The highest BCUT2D eigenvalue weighted by molar-refractivity contribution is 9.10. The van der Waals surface area contributed by atoms with Crippen molar-refractivity contribution in [1.29, 1.82) is 0 Å². The molecule has 180 valence electrons. The molecule has 1 aromatic carbocycles. The molecule has 0 radical (unpaired) electrons. The summed E-state index contributed by atoms with van der Waals surface area (Å²) < 4.78 is 52.6. The molecule has 34 heavy (non-hydrogen) atoms. The monoisotopic (exact) mass is 551 g/mol. The van der Waals surface area contributed by atoms with E-state index in [1.165, 1.54) is 25.2 Å². The van der Waals surface area contributed by atoms with Gasteiger partial charge < -0.3 is 10.3 Å². The normalized spacial score (nSPS) is 24.0. The Morgan fingerprint density at radius 2 is 2.03 bits per heavy atom. The largest absolute Gasteiger partial charge is 0.386 e. The van der Waals surface area contributed by atoms with E-state index < -0.39 is 32.5 Å². The van der Waals surface area contributed by atoms with Gasteiger partial charge in [0.2, 0.25) is 0 Å². The van der Waals surface area contributed by atoms with Gasteiger partial charge in [0.15, 0.2) is 5.76 Å². The van der Waals surface area contributed by atoms with Crippen molar-refractivity contribution in [3.05, 3.63) is 57.9 Å². The van der Waals surface area contributed by atoms with E-state index in [4.69, 9.17) is 10.3 Å². The standard InChI is InChI=1S/C23H24BrF2N5O2S/c1-13-7-15(24)10-29-20(13)18-9-19(33-31-18)14-5-6-17(26)16(8-14)23(11-25)12-34(32,28-4)22(2,3)21(27)30-23/h5-10H,11-12H2,1-4H3,(H2,27,30)/t23-,34?/m0/s1. The number of aryl methyl sites for hydroxylation is 1. The number of amidine groups is 1. The lowest BCUT2D eigenvalue weighted by atomic mass is 9.90. The number of benzene rings is 1. The molecule has 4 rings (SSSR count). The smallest absolute Gasteiger partial charge is 0.167 e. The van der Waals surface area contributed by atoms with Gasteiger partial charge in [0, 0.05) is 34.9 Å². The van der Waals surface area contributed by atoms with Crippen molar-refractivity contribution in [2.24, 2.45) is 15.1 Å². The molecule has 11 heteroatoms. The van der Waals surface area contributed by atoms with Gasteiger partial charge in [-0.3, -0.25) is 9.98 Å². The van der Waals surface area contributed by atoms with Crippen molar-refractivity contribution in [3.63, 3.8) is 0 Å². The Labute approximate surface area is 205 Å². The predicted octanol–water partition coefficient (Wildman–Crippen LogP) is 5.03. The molecular weight excluding hydrogens is 528 g/mol. The van der Waals surface area contributed by atoms with Crippen molar-refractivity contribution in [1.82, 2.24) is 10.1 Å². The second kappa shape index (κ2) is 8.53. The maximum Gasteiger partial charge on any atom is 0.167 e. The van der Waals surface area contributed by atoms with Crippen molar-refractivity contribution < 1.29 is 17.5 Å². The number of pyridine rings is 1. The lowest BCUT2D eigenvalue weighted by molar-refractivity contribution is 0.326. The third-order valence-electron chi connectivity index (χ3n) is 6.25. The Hall–Kier alpha value is -2.66. The van der Waals surface area contributed by atoms with Gasteiger partial charge in [0.25, 0.3) is 0 Å². The highest BCUT2D eigenvalue weighted by Crippen LogP contribution is 2.41. The first-order valence-corrected chi connectivity index (χ1v) is 12.9. The Morgan fingerprint density at radius 1 is 1.29 bits per heavy atom. The SMILES string of the molecule is CN=S1(=O)C[C@@](CF)(c2cc(-c3cc(-c4ncc(Br)cc4C)no3)ccc2F)N=C(N)C1(C)C. The summed E-state index contributed by atoms with van der Waals surface area (Å²) in [5, 5.41) is 4.09. The number of hydrogen-bond acceptors (Lipinski definition) is 7. The van der Waals surface area contributed by atoms with Gasteiger partial charge in [-0.05, 0) is 66.5 Å². The number of nitrogens with zero attached hydrogens (tertiary/aromatic N) is 4. The molecule has 1 aliphatic rings. The second-order valence-corrected chi connectivity index (χ2v) is 12.6. The Kier molecular flexibility index (Phi) is 6.14. The van der Waals surface area contributed by atoms with Gasteiger partial charge in [-0.15, -0.1) is 0 Å². The molecule has 2 aromatic heterocycles. The van der Waals surface area contributed by atoms with Crippen LogP contribution in [-0.2, 0) is 15.3 Å². The number of nitrogens with two attached hydrogens (primary N) is 1. The predicted molar refractivity (Wildman–Crippen MR) is 132 cm³/mol. The maximum absolute atomic E-state index is 15.1. The first kappa shape index (κ1) is 24.5. The first-order valence-electron chi connectivity index (χ1n) is 10.4. The molecule has 3 aromatic rings. The topological polar surface area (TPSA) is 107 Å². The molecule has 1 unspecified atom stereocenters. The number of alkyl halides is 1. The van der Waals surface area contributed by atoms with Crippen LogP contribution in [-0.4, -0.2) is 44.4 Å². The number of halogens is 3. The molecule has 0 bridgehead atoms. The van der Waals surface area contributed by atoms with Crippen molar-refractivity contribution >= 4 is 31.5 Å². The quantitative estimate of drug-likeness (QED) is 0.489. The van der Waals surface area contributed by atoms with E-state index in [2.05, 4.69) is 35.4 Å². The molecule has 1 aliphatic heterocycles. The summed E-state index contributed by atoms with van der Waals surface area (Å²) in [6, 6.07) is 7.71. The van der Waals surface area contributed by atoms with Gasteiger partial charge in [0.05, 0.1) is 21.2 Å². The summed E-state index contributed by atoms with van der Waals surface area (Å²) in [7, 11) is -1.65. The van der Waals surface area contributed by atoms with Crippen LogP contribution < -0.4 is 5.73 Å². The minimum absolute atomic E-state index is 0.0319. The van der Waals surface area contributed by atoms with Crippen LogP contribution >= 0.6 is 15.9 Å². The van der Waals surface area contributed by atoms with Gasteiger partial charge in [-0.2, -0.15) is 0 Å². The average molecular weight is 552 g/mol. The van der Waals surface area contributed by atoms with Crippen molar-refractivity contribution in [3.8, 4) is 22.7 Å². The number of hydrogen-bond donors (Lipinski definition) is 1. The van der Waals surface area contributed by atoms with Crippen molar-refractivity contribution in [2.45, 2.75) is 31.1 Å². The van der Waals surface area contributed by atoms with Crippen LogP contribution in [0.25, 0.3) is 22.7 Å². The summed E-state index contributed by atoms with van der Waals surface area (Å²) in [4.78, 5) is 8.73. The Balaban J connectivity index is 1.83. The molecule has 2 atom stereocenters. The lowest BCUT2D eigenvalue weighted by Crippen LogP contribution is -2.56. The molecule has 7 nitrogen and oxygen atoms in total. The molecular formula is C23H24BrF2N5O2S. The fraction of sp³-hybridized carbons (Fsp3) is 0.348. The highest BCUT2D eigenvalue weighted by atomic mass is 79.9. The van der Waals surface area contributed by atoms with E-state index >= 15 is 4.39 Å². The van der Waals surface area contributed by atoms with Crippen LogP contribution in [0.15, 0.2) is 54.9 Å². The van der Waals surface area contributed by atoms with E-state index in [-0.39, 0.29) is 17.2 Å². The first-order chi connectivity index (χ1) is 16.0. The van der Waals surface area contributed by atoms with E-state index in [0.29, 0.717) is 22.7 Å². The fourth-order valence-electron chi connectivity index (χ4n) is 4.00. The van der Waals surface area contributed by atoms with Crippen LogP contribution in [0.1, 0.15) is 25.0 Å². The average Bonchev–Trinajstić information content (AvgIpc) is 3.27. The fourth-order valence-corrected chi connectivity index (χ4v) is 6.71. The molecule has 2 N–H and O–H groups in total. The summed E-state index contributed by atoms with van der Waals surface area (Å²) in [5.74, 6) is -0.690. The zero-order chi connectivity index (χ0) is 24.9. The maximum atomic E-state index is 15.1. The van der Waals surface area contributed by atoms with E-state index in [9.17, 15) is 8.60 Å². The minimum Gasteiger partial charge on any atom is -0.386 e. The van der Waals surface area contributed by atoms with Gasteiger partial charge >= 0.3 is 0 Å². The van der Waals surface area contributed by atoms with Gasteiger partial charge in [0.1, 0.15) is 34.3 Å². The van der Waals surface area contributed by atoms with Gasteiger partial charge in [-0.1, -0.05) is 5.16 Å². The van der Waals surface area contributed by atoms with Crippen molar-refractivity contribution in [2.75, 3.05) is 19.5 Å². The molecule has 3 heterocycles. The van der Waals surface area contributed by atoms with Crippen LogP contribution in [0.4, 0.5) is 8.78 Å². The number of aliphatic imine (C=N–C) groups is 1. The second-order valence-electron chi connectivity index (χ2n) is 8.73. The third kappa shape index (κ3) is 3.84. The van der Waals surface area contributed by atoms with E-state index in [0.717, 1.165) is 10.0 Å². The summed E-state index contributed by atoms with van der Waals surface area (Å²) in [5.41, 5.74) is 6.76. The number of aromatic nitrogens is 2. The zero-order valence-electron chi connectivity index (χ0n) is 19.1. The van der Waals surface area contributed by atoms with Gasteiger partial charge in [-0.25, -0.2) is 17.4 Å². The minimum atomic E-state index is -3.04.